The van der Waals surface area contributed by atoms with Gasteiger partial charge in [0.05, 0.1) is 0 Å². The summed E-state index contributed by atoms with van der Waals surface area (Å²) < 4.78 is 2.60. The van der Waals surface area contributed by atoms with Crippen LogP contribution in [0.15, 0.2) is 60.8 Å². The summed E-state index contributed by atoms with van der Waals surface area (Å²) in [5.74, 6) is 0.413. The standard InChI is InChI=1S/C26H35N3.2ClH/c27-17-9-18-28-19-16-23(21-10-3-1-4-11-21)25-20-29(22-12-5-2-6-13-22)26-15-8-7-14-24(25)26;;/h1,3-4,7-8,10-11,14-15,20,22-23,28H,2,5-6,9,12-13,16-19,27H2;2*1H. The summed E-state index contributed by atoms with van der Waals surface area (Å²) >= 11 is 0. The third kappa shape index (κ3) is 6.26. The Hall–Kier alpha value is -1.52. The van der Waals surface area contributed by atoms with E-state index in [9.17, 15) is 0 Å². The second-order valence-electron chi connectivity index (χ2n) is 8.44. The Morgan fingerprint density at radius 2 is 1.61 bits per heavy atom. The topological polar surface area (TPSA) is 43.0 Å². The van der Waals surface area contributed by atoms with Crippen molar-refractivity contribution in [1.82, 2.24) is 9.88 Å². The van der Waals surface area contributed by atoms with Crippen LogP contribution < -0.4 is 11.1 Å². The molecular weight excluding hydrogens is 425 g/mol. The van der Waals surface area contributed by atoms with Crippen molar-refractivity contribution < 1.29 is 0 Å². The largest absolute Gasteiger partial charge is 0.344 e. The molecule has 3 N–H and O–H groups in total. The number of hydrogen-bond donors (Lipinski definition) is 2. The van der Waals surface area contributed by atoms with Crippen LogP contribution in [-0.2, 0) is 0 Å². The predicted molar refractivity (Wildman–Crippen MR) is 138 cm³/mol. The summed E-state index contributed by atoms with van der Waals surface area (Å²) in [6.07, 6.45) is 11.4. The van der Waals surface area contributed by atoms with Crippen LogP contribution in [0.4, 0.5) is 0 Å². The maximum Gasteiger partial charge on any atom is 0.0485 e. The Morgan fingerprint density at radius 1 is 0.903 bits per heavy atom. The highest BCUT2D eigenvalue weighted by Crippen LogP contribution is 2.38. The van der Waals surface area contributed by atoms with Gasteiger partial charge in [0.1, 0.15) is 0 Å². The number of nitrogens with one attached hydrogen (secondary N) is 1. The van der Waals surface area contributed by atoms with E-state index in [4.69, 9.17) is 5.73 Å². The van der Waals surface area contributed by atoms with Crippen molar-refractivity contribution in [2.75, 3.05) is 19.6 Å². The normalized spacial score (nSPS) is 15.3. The molecule has 0 bridgehead atoms. The summed E-state index contributed by atoms with van der Waals surface area (Å²) in [6.45, 7) is 2.77. The Kier molecular flexibility index (Phi) is 10.9. The SMILES string of the molecule is Cl.Cl.NCCCNCCC(c1ccccc1)c1cn(C2CCCCC2)c2ccccc12. The first-order valence-corrected chi connectivity index (χ1v) is 11.4. The maximum absolute atomic E-state index is 5.65. The van der Waals surface area contributed by atoms with E-state index in [1.807, 2.05) is 0 Å². The molecule has 0 spiro atoms. The van der Waals surface area contributed by atoms with E-state index in [1.54, 1.807) is 0 Å². The lowest BCUT2D eigenvalue weighted by Crippen LogP contribution is -2.21. The molecule has 4 rings (SSSR count). The lowest BCUT2D eigenvalue weighted by atomic mass is 9.88. The molecule has 1 aliphatic carbocycles. The Morgan fingerprint density at radius 3 is 2.35 bits per heavy atom. The molecule has 1 saturated carbocycles. The molecule has 170 valence electrons. The van der Waals surface area contributed by atoms with E-state index in [2.05, 4.69) is 70.7 Å². The van der Waals surface area contributed by atoms with Crippen LogP contribution in [0.3, 0.4) is 0 Å². The second-order valence-corrected chi connectivity index (χ2v) is 8.44. The minimum atomic E-state index is 0. The molecule has 0 radical (unpaired) electrons. The van der Waals surface area contributed by atoms with Gasteiger partial charge in [0.15, 0.2) is 0 Å². The van der Waals surface area contributed by atoms with Gasteiger partial charge < -0.3 is 15.6 Å². The number of nitrogens with two attached hydrogens (primary N) is 1. The minimum absolute atomic E-state index is 0. The van der Waals surface area contributed by atoms with Gasteiger partial charge in [-0.25, -0.2) is 0 Å². The number of fused-ring (bicyclic) bond motifs is 1. The number of benzene rings is 2. The summed E-state index contributed by atoms with van der Waals surface area (Å²) in [5.41, 5.74) is 9.96. The molecule has 0 amide bonds. The molecule has 3 aromatic rings. The Bertz CT molecular complexity index is 888. The van der Waals surface area contributed by atoms with Crippen LogP contribution in [0.25, 0.3) is 10.9 Å². The first-order valence-electron chi connectivity index (χ1n) is 11.4. The molecule has 1 unspecified atom stereocenters. The highest BCUT2D eigenvalue weighted by Gasteiger charge is 2.23. The lowest BCUT2D eigenvalue weighted by Gasteiger charge is -2.24. The smallest absolute Gasteiger partial charge is 0.0485 e. The van der Waals surface area contributed by atoms with Crippen molar-refractivity contribution in [3.63, 3.8) is 0 Å². The van der Waals surface area contributed by atoms with Crippen LogP contribution in [-0.4, -0.2) is 24.2 Å². The van der Waals surface area contributed by atoms with E-state index in [-0.39, 0.29) is 24.8 Å². The van der Waals surface area contributed by atoms with Crippen molar-refractivity contribution >= 4 is 35.7 Å². The molecular formula is C26H37Cl2N3. The lowest BCUT2D eigenvalue weighted by molar-refractivity contribution is 0.360. The van der Waals surface area contributed by atoms with Gasteiger partial charge in [0.2, 0.25) is 0 Å². The number of hydrogen-bond acceptors (Lipinski definition) is 2. The number of nitrogens with zero attached hydrogens (tertiary/aromatic N) is 1. The number of rotatable bonds is 9. The van der Waals surface area contributed by atoms with E-state index in [0.29, 0.717) is 12.0 Å². The molecule has 1 heterocycles. The fourth-order valence-electron chi connectivity index (χ4n) is 4.96. The van der Waals surface area contributed by atoms with Gasteiger partial charge in [-0.05, 0) is 62.5 Å². The first-order chi connectivity index (χ1) is 14.4. The van der Waals surface area contributed by atoms with Crippen LogP contribution in [0.5, 0.6) is 0 Å². The maximum atomic E-state index is 5.65. The third-order valence-corrected chi connectivity index (χ3v) is 6.48. The van der Waals surface area contributed by atoms with E-state index >= 15 is 0 Å². The molecule has 1 fully saturated rings. The molecule has 1 atom stereocenters. The molecule has 1 aliphatic rings. The monoisotopic (exact) mass is 461 g/mol. The highest BCUT2D eigenvalue weighted by atomic mass is 35.5. The van der Waals surface area contributed by atoms with E-state index in [1.165, 1.54) is 54.1 Å². The average molecular weight is 463 g/mol. The summed E-state index contributed by atoms with van der Waals surface area (Å²) in [6, 6.07) is 20.7. The molecule has 2 aromatic carbocycles. The predicted octanol–water partition coefficient (Wildman–Crippen LogP) is 6.45. The van der Waals surface area contributed by atoms with Crippen molar-refractivity contribution in [3.8, 4) is 0 Å². The Balaban J connectivity index is 0.00000171. The van der Waals surface area contributed by atoms with Crippen LogP contribution >= 0.6 is 24.8 Å². The summed E-state index contributed by atoms with van der Waals surface area (Å²) in [4.78, 5) is 0. The van der Waals surface area contributed by atoms with Crippen LogP contribution in [0, 0.1) is 0 Å². The zero-order valence-electron chi connectivity index (χ0n) is 18.3. The van der Waals surface area contributed by atoms with Gasteiger partial charge in [-0.3, -0.25) is 0 Å². The van der Waals surface area contributed by atoms with Crippen molar-refractivity contribution in [2.45, 2.75) is 56.9 Å². The zero-order valence-corrected chi connectivity index (χ0v) is 20.0. The summed E-state index contributed by atoms with van der Waals surface area (Å²) in [5, 5.41) is 5.01. The van der Waals surface area contributed by atoms with Crippen molar-refractivity contribution in [2.24, 2.45) is 5.73 Å². The number of halogens is 2. The summed E-state index contributed by atoms with van der Waals surface area (Å²) in [7, 11) is 0. The third-order valence-electron chi connectivity index (χ3n) is 6.48. The first kappa shape index (κ1) is 25.7. The van der Waals surface area contributed by atoms with Gasteiger partial charge in [0.25, 0.3) is 0 Å². The molecule has 0 saturated heterocycles. The van der Waals surface area contributed by atoms with Gasteiger partial charge in [-0.15, -0.1) is 24.8 Å². The van der Waals surface area contributed by atoms with Gasteiger partial charge in [0, 0.05) is 29.1 Å². The van der Waals surface area contributed by atoms with Crippen LogP contribution in [0.1, 0.15) is 68.0 Å². The molecule has 1 aromatic heterocycles. The fourth-order valence-corrected chi connectivity index (χ4v) is 4.96. The quantitative estimate of drug-likeness (QED) is 0.359. The fraction of sp³-hybridized carbons (Fsp3) is 0.462. The van der Waals surface area contributed by atoms with Gasteiger partial charge in [-0.2, -0.15) is 0 Å². The Labute approximate surface area is 199 Å². The molecule has 0 aliphatic heterocycles. The van der Waals surface area contributed by atoms with Crippen molar-refractivity contribution in [3.05, 3.63) is 71.9 Å². The average Bonchev–Trinajstić information content (AvgIpc) is 3.17. The highest BCUT2D eigenvalue weighted by molar-refractivity contribution is 5.86. The molecule has 31 heavy (non-hydrogen) atoms. The molecule has 3 nitrogen and oxygen atoms in total. The second kappa shape index (κ2) is 13.1. The van der Waals surface area contributed by atoms with Crippen LogP contribution in [0.2, 0.25) is 0 Å². The molecule has 5 heteroatoms. The van der Waals surface area contributed by atoms with Gasteiger partial charge in [-0.1, -0.05) is 67.8 Å². The minimum Gasteiger partial charge on any atom is -0.344 e. The van der Waals surface area contributed by atoms with E-state index in [0.717, 1.165) is 32.5 Å². The number of aromatic nitrogens is 1. The number of para-hydroxylation sites is 1. The van der Waals surface area contributed by atoms with E-state index < -0.39 is 0 Å². The van der Waals surface area contributed by atoms with Crippen molar-refractivity contribution in [1.29, 1.82) is 0 Å². The zero-order chi connectivity index (χ0) is 19.9. The van der Waals surface area contributed by atoms with Gasteiger partial charge >= 0.3 is 0 Å².